The van der Waals surface area contributed by atoms with Gasteiger partial charge in [-0.05, 0) is 65.5 Å². The molecule has 0 aliphatic heterocycles. The predicted octanol–water partition coefficient (Wildman–Crippen LogP) is 5.19. The fourth-order valence-electron chi connectivity index (χ4n) is 2.37. The summed E-state index contributed by atoms with van der Waals surface area (Å²) in [5, 5.41) is 10.9. The number of nitrogens with zero attached hydrogens (tertiary/aromatic N) is 1. The summed E-state index contributed by atoms with van der Waals surface area (Å²) in [5.41, 5.74) is -0.123. The van der Waals surface area contributed by atoms with Gasteiger partial charge in [0.1, 0.15) is 5.60 Å². The molecule has 5 heteroatoms. The maximum atomic E-state index is 12.2. The van der Waals surface area contributed by atoms with Gasteiger partial charge in [0.15, 0.2) is 0 Å². The van der Waals surface area contributed by atoms with E-state index in [9.17, 15) is 9.90 Å². The first-order valence-electron chi connectivity index (χ1n) is 8.33. The lowest BCUT2D eigenvalue weighted by atomic mass is 9.93. The number of ether oxygens (including phenoxy) is 1. The van der Waals surface area contributed by atoms with Crippen LogP contribution >= 0.6 is 11.6 Å². The van der Waals surface area contributed by atoms with Crippen molar-refractivity contribution in [2.45, 2.75) is 71.1 Å². The first-order valence-corrected chi connectivity index (χ1v) is 8.71. The van der Waals surface area contributed by atoms with Gasteiger partial charge in [-0.15, -0.1) is 0 Å². The van der Waals surface area contributed by atoms with Gasteiger partial charge in [0.2, 0.25) is 0 Å². The third-order valence-electron chi connectivity index (χ3n) is 4.11. The van der Waals surface area contributed by atoms with Crippen molar-refractivity contribution < 1.29 is 14.6 Å². The Bertz CT molecular complexity index is 552. The summed E-state index contributed by atoms with van der Waals surface area (Å²) in [6.45, 7) is 9.56. The van der Waals surface area contributed by atoms with Gasteiger partial charge < -0.3 is 14.7 Å². The maximum absolute atomic E-state index is 12.2. The van der Waals surface area contributed by atoms with E-state index in [4.69, 9.17) is 16.3 Å². The van der Waals surface area contributed by atoms with E-state index in [-0.39, 0.29) is 11.6 Å². The van der Waals surface area contributed by atoms with E-state index in [0.29, 0.717) is 11.4 Å². The fraction of sp³-hybridized carbons (Fsp3) is 0.632. The van der Waals surface area contributed by atoms with Gasteiger partial charge >= 0.3 is 6.09 Å². The van der Waals surface area contributed by atoms with Crippen LogP contribution in [0.25, 0.3) is 0 Å². The number of hydrogen-bond acceptors (Lipinski definition) is 3. The number of aliphatic hydroxyl groups is 1. The highest BCUT2D eigenvalue weighted by molar-refractivity contribution is 6.31. The minimum atomic E-state index is -0.596. The highest BCUT2D eigenvalue weighted by Gasteiger charge is 2.30. The van der Waals surface area contributed by atoms with Crippen LogP contribution in [0.2, 0.25) is 5.02 Å². The first kappa shape index (κ1) is 20.8. The Morgan fingerprint density at radius 2 is 1.83 bits per heavy atom. The normalized spacial score (nSPS) is 13.5. The molecule has 0 bridgehead atoms. The van der Waals surface area contributed by atoms with Gasteiger partial charge in [-0.3, -0.25) is 0 Å². The molecule has 1 rings (SSSR count). The monoisotopic (exact) mass is 355 g/mol. The summed E-state index contributed by atoms with van der Waals surface area (Å²) in [7, 11) is 1.75. The van der Waals surface area contributed by atoms with Crippen LogP contribution in [-0.2, 0) is 4.74 Å². The molecule has 0 spiro atoms. The number of benzene rings is 1. The molecule has 1 aromatic rings. The summed E-state index contributed by atoms with van der Waals surface area (Å²) in [6.07, 6.45) is 1.19. The Balaban J connectivity index is 2.56. The van der Waals surface area contributed by atoms with Crippen molar-refractivity contribution in [2.24, 2.45) is 0 Å². The number of carbonyl (C=O) groups is 1. The lowest BCUT2D eigenvalue weighted by Gasteiger charge is -2.37. The molecule has 0 aliphatic rings. The van der Waals surface area contributed by atoms with Crippen LogP contribution in [0, 0.1) is 0 Å². The van der Waals surface area contributed by atoms with Crippen molar-refractivity contribution in [3.8, 4) is 0 Å². The van der Waals surface area contributed by atoms with E-state index in [1.807, 2.05) is 52.8 Å². The highest BCUT2D eigenvalue weighted by Crippen LogP contribution is 2.29. The highest BCUT2D eigenvalue weighted by atomic mass is 35.5. The molecule has 1 aromatic carbocycles. The third kappa shape index (κ3) is 6.33. The number of hydrogen-bond donors (Lipinski definition) is 1. The molecule has 1 N–H and O–H groups in total. The van der Waals surface area contributed by atoms with Crippen LogP contribution in [0.5, 0.6) is 0 Å². The minimum absolute atomic E-state index is 0.334. The number of amides is 1. The summed E-state index contributed by atoms with van der Waals surface area (Å²) in [6, 6.07) is 7.33. The van der Waals surface area contributed by atoms with Crippen LogP contribution < -0.4 is 0 Å². The van der Waals surface area contributed by atoms with E-state index in [2.05, 4.69) is 0 Å². The SMILES string of the molecule is CN(C(=O)OC(C)(C)C)C(C)(C)CCC[C@@H](O)c1ccccc1Cl. The maximum Gasteiger partial charge on any atom is 0.410 e. The van der Waals surface area contributed by atoms with Crippen molar-refractivity contribution >= 4 is 17.7 Å². The topological polar surface area (TPSA) is 49.8 Å². The van der Waals surface area contributed by atoms with Crippen molar-refractivity contribution in [3.05, 3.63) is 34.9 Å². The van der Waals surface area contributed by atoms with Gasteiger partial charge in [-0.25, -0.2) is 4.79 Å². The fourth-order valence-corrected chi connectivity index (χ4v) is 2.64. The van der Waals surface area contributed by atoms with Crippen LogP contribution in [0.3, 0.4) is 0 Å². The molecule has 1 amide bonds. The third-order valence-corrected chi connectivity index (χ3v) is 4.45. The van der Waals surface area contributed by atoms with Gasteiger partial charge in [0, 0.05) is 17.6 Å². The van der Waals surface area contributed by atoms with Crippen LogP contribution in [0.4, 0.5) is 4.79 Å². The zero-order valence-corrected chi connectivity index (χ0v) is 16.4. The molecular formula is C19H30ClNO3. The largest absolute Gasteiger partial charge is 0.444 e. The molecule has 0 aromatic heterocycles. The minimum Gasteiger partial charge on any atom is -0.444 e. The smallest absolute Gasteiger partial charge is 0.410 e. The molecule has 136 valence electrons. The van der Waals surface area contributed by atoms with E-state index in [1.54, 1.807) is 18.0 Å². The Hall–Kier alpha value is -1.26. The second-order valence-corrected chi connectivity index (χ2v) is 8.19. The molecule has 0 radical (unpaired) electrons. The van der Waals surface area contributed by atoms with Crippen LogP contribution in [-0.4, -0.2) is 34.3 Å². The van der Waals surface area contributed by atoms with Gasteiger partial charge in [-0.2, -0.15) is 0 Å². The Labute approximate surface area is 150 Å². The van der Waals surface area contributed by atoms with E-state index < -0.39 is 11.7 Å². The lowest BCUT2D eigenvalue weighted by Crippen LogP contribution is -2.47. The standard InChI is InChI=1S/C19H30ClNO3/c1-18(2,3)24-17(23)21(6)19(4,5)13-9-12-16(22)14-10-7-8-11-15(14)20/h7-8,10-11,16,22H,9,12-13H2,1-6H3/t16-/m1/s1. The van der Waals surface area contributed by atoms with E-state index in [0.717, 1.165) is 18.4 Å². The summed E-state index contributed by atoms with van der Waals surface area (Å²) >= 11 is 6.11. The molecule has 0 aliphatic carbocycles. The molecule has 0 saturated carbocycles. The average molecular weight is 356 g/mol. The first-order chi connectivity index (χ1) is 10.9. The van der Waals surface area contributed by atoms with Crippen molar-refractivity contribution in [3.63, 3.8) is 0 Å². The van der Waals surface area contributed by atoms with E-state index in [1.165, 1.54) is 0 Å². The Morgan fingerprint density at radius 3 is 2.38 bits per heavy atom. The van der Waals surface area contributed by atoms with Crippen LogP contribution in [0.1, 0.15) is 65.5 Å². The molecule has 24 heavy (non-hydrogen) atoms. The summed E-state index contributed by atoms with van der Waals surface area (Å²) < 4.78 is 5.42. The number of carbonyl (C=O) groups excluding carboxylic acids is 1. The summed E-state index contributed by atoms with van der Waals surface area (Å²) in [5.74, 6) is 0. The lowest BCUT2D eigenvalue weighted by molar-refractivity contribution is 0.00893. The van der Waals surface area contributed by atoms with Crippen LogP contribution in [0.15, 0.2) is 24.3 Å². The molecule has 0 heterocycles. The van der Waals surface area contributed by atoms with E-state index >= 15 is 0 Å². The second-order valence-electron chi connectivity index (χ2n) is 7.78. The quantitative estimate of drug-likeness (QED) is 0.763. The van der Waals surface area contributed by atoms with Crippen molar-refractivity contribution in [1.29, 1.82) is 0 Å². The average Bonchev–Trinajstić information content (AvgIpc) is 2.44. The Morgan fingerprint density at radius 1 is 1.25 bits per heavy atom. The van der Waals surface area contributed by atoms with Crippen molar-refractivity contribution in [2.75, 3.05) is 7.05 Å². The number of halogens is 1. The number of aliphatic hydroxyl groups excluding tert-OH is 1. The van der Waals surface area contributed by atoms with Gasteiger partial charge in [0.05, 0.1) is 6.10 Å². The Kier molecular flexibility index (Phi) is 7.11. The molecule has 0 saturated heterocycles. The second kappa shape index (κ2) is 8.21. The molecule has 4 nitrogen and oxygen atoms in total. The number of rotatable bonds is 6. The van der Waals surface area contributed by atoms with Gasteiger partial charge in [-0.1, -0.05) is 29.8 Å². The summed E-state index contributed by atoms with van der Waals surface area (Å²) in [4.78, 5) is 13.8. The molecular weight excluding hydrogens is 326 g/mol. The zero-order chi connectivity index (χ0) is 18.5. The molecule has 0 unspecified atom stereocenters. The molecule has 0 fully saturated rings. The van der Waals surface area contributed by atoms with Gasteiger partial charge in [0.25, 0.3) is 0 Å². The zero-order valence-electron chi connectivity index (χ0n) is 15.6. The predicted molar refractivity (Wildman–Crippen MR) is 98.3 cm³/mol. The van der Waals surface area contributed by atoms with Crippen molar-refractivity contribution in [1.82, 2.24) is 4.90 Å². The molecule has 1 atom stereocenters.